The number of carbonyl (C=O) groups excluding carboxylic acids is 2. The van der Waals surface area contributed by atoms with Crippen LogP contribution in [0.15, 0.2) is 27.5 Å². The smallest absolute Gasteiger partial charge is 0.342 e. The largest absolute Gasteiger partial charge is 0.462 e. The number of nitrogen functional groups attached to an aromatic ring is 1. The minimum absolute atomic E-state index is 0.0119. The lowest BCUT2D eigenvalue weighted by Crippen LogP contribution is -2.15. The van der Waals surface area contributed by atoms with E-state index in [4.69, 9.17) is 24.8 Å². The predicted molar refractivity (Wildman–Crippen MR) is 109 cm³/mol. The molecule has 0 bridgehead atoms. The van der Waals surface area contributed by atoms with E-state index in [0.717, 1.165) is 6.07 Å². The Bertz CT molecular complexity index is 1300. The topological polar surface area (TPSA) is 178 Å². The summed E-state index contributed by atoms with van der Waals surface area (Å²) in [4.78, 5) is 32.5. The zero-order chi connectivity index (χ0) is 22.9. The minimum atomic E-state index is -4.00. The van der Waals surface area contributed by atoms with Gasteiger partial charge in [-0.15, -0.1) is 0 Å². The second kappa shape index (κ2) is 8.32. The summed E-state index contributed by atoms with van der Waals surface area (Å²) in [5.74, 6) is -1.17. The Labute approximate surface area is 177 Å². The second-order valence-corrected chi connectivity index (χ2v) is 8.09. The number of nitrogens with zero attached hydrogens (tertiary/aromatic N) is 2. The molecule has 2 heterocycles. The molecular formula is C19H20N4O7S. The molecule has 3 rings (SSSR count). The van der Waals surface area contributed by atoms with E-state index < -0.39 is 22.0 Å². The van der Waals surface area contributed by atoms with Crippen LogP contribution >= 0.6 is 0 Å². The van der Waals surface area contributed by atoms with Crippen molar-refractivity contribution in [3.8, 4) is 0 Å². The first-order valence-electron chi connectivity index (χ1n) is 9.06. The molecule has 0 saturated carbocycles. The van der Waals surface area contributed by atoms with Crippen LogP contribution in [0.4, 0.5) is 5.82 Å². The van der Waals surface area contributed by atoms with Crippen molar-refractivity contribution >= 4 is 38.9 Å². The first kappa shape index (κ1) is 22.2. The summed E-state index contributed by atoms with van der Waals surface area (Å²) in [6.07, 6.45) is 0. The molecule has 4 N–H and O–H groups in total. The minimum Gasteiger partial charge on any atom is -0.462 e. The van der Waals surface area contributed by atoms with Gasteiger partial charge in [0.05, 0.1) is 22.5 Å². The van der Waals surface area contributed by atoms with Gasteiger partial charge in [-0.2, -0.15) is 4.98 Å². The molecule has 2 aromatic heterocycles. The number of fused-ring (bicyclic) bond motifs is 1. The summed E-state index contributed by atoms with van der Waals surface area (Å²) in [6.45, 7) is 4.59. The van der Waals surface area contributed by atoms with Gasteiger partial charge < -0.3 is 19.6 Å². The quantitative estimate of drug-likeness (QED) is 0.526. The van der Waals surface area contributed by atoms with E-state index in [0.29, 0.717) is 5.56 Å². The standard InChI is InChI=1S/C19H20N4O7S/c1-4-28-19(25)14-10(3)30-17-15(14)16(20)22-13(23-17)8-29-18(24)11-6-5-9(2)12(7-11)31(21,26)27/h5-7H,4,8H2,1-3H3,(H2,20,22,23)(H2,21,26,27). The number of rotatable bonds is 6. The molecule has 0 unspecified atom stereocenters. The molecule has 1 aromatic carbocycles. The van der Waals surface area contributed by atoms with Crippen molar-refractivity contribution in [3.63, 3.8) is 0 Å². The molecule has 0 aliphatic carbocycles. The van der Waals surface area contributed by atoms with Gasteiger partial charge in [0.1, 0.15) is 17.1 Å². The number of aromatic nitrogens is 2. The number of hydrogen-bond acceptors (Lipinski definition) is 10. The number of nitrogens with two attached hydrogens (primary N) is 2. The van der Waals surface area contributed by atoms with E-state index in [1.165, 1.54) is 12.1 Å². The van der Waals surface area contributed by atoms with Crippen molar-refractivity contribution in [2.75, 3.05) is 12.3 Å². The van der Waals surface area contributed by atoms with Crippen molar-refractivity contribution in [1.29, 1.82) is 0 Å². The highest BCUT2D eigenvalue weighted by molar-refractivity contribution is 7.89. The summed E-state index contributed by atoms with van der Waals surface area (Å²) in [6, 6.07) is 3.98. The summed E-state index contributed by atoms with van der Waals surface area (Å²) in [5.41, 5.74) is 6.53. The third-order valence-corrected chi connectivity index (χ3v) is 5.40. The molecule has 12 heteroatoms. The molecule has 0 aliphatic heterocycles. The van der Waals surface area contributed by atoms with E-state index in [-0.39, 0.29) is 57.7 Å². The van der Waals surface area contributed by atoms with E-state index in [9.17, 15) is 18.0 Å². The number of benzene rings is 1. The third-order valence-electron chi connectivity index (χ3n) is 4.34. The molecule has 0 atom stereocenters. The van der Waals surface area contributed by atoms with E-state index >= 15 is 0 Å². The number of primary sulfonamides is 1. The van der Waals surface area contributed by atoms with Gasteiger partial charge in [-0.1, -0.05) is 6.07 Å². The Morgan fingerprint density at radius 3 is 2.48 bits per heavy atom. The van der Waals surface area contributed by atoms with Crippen LogP contribution in [0.5, 0.6) is 0 Å². The van der Waals surface area contributed by atoms with Crippen molar-refractivity contribution in [3.05, 3.63) is 46.5 Å². The van der Waals surface area contributed by atoms with Crippen LogP contribution in [0.1, 0.15) is 44.8 Å². The maximum Gasteiger partial charge on any atom is 0.342 e. The Balaban J connectivity index is 1.85. The molecular weight excluding hydrogens is 428 g/mol. The maximum absolute atomic E-state index is 12.3. The number of carbonyl (C=O) groups is 2. The van der Waals surface area contributed by atoms with Crippen molar-refractivity contribution in [2.24, 2.45) is 5.14 Å². The molecule has 164 valence electrons. The van der Waals surface area contributed by atoms with E-state index in [1.54, 1.807) is 20.8 Å². The van der Waals surface area contributed by atoms with E-state index in [2.05, 4.69) is 9.97 Å². The molecule has 0 spiro atoms. The van der Waals surface area contributed by atoms with Gasteiger partial charge in [-0.3, -0.25) is 0 Å². The highest BCUT2D eigenvalue weighted by Gasteiger charge is 2.24. The van der Waals surface area contributed by atoms with Crippen LogP contribution in [0.25, 0.3) is 11.1 Å². The van der Waals surface area contributed by atoms with Crippen LogP contribution < -0.4 is 10.9 Å². The molecule has 0 radical (unpaired) electrons. The van der Waals surface area contributed by atoms with Gasteiger partial charge in [-0.05, 0) is 38.5 Å². The Morgan fingerprint density at radius 2 is 1.84 bits per heavy atom. The van der Waals surface area contributed by atoms with Crippen molar-refractivity contribution in [1.82, 2.24) is 9.97 Å². The monoisotopic (exact) mass is 448 g/mol. The number of aryl methyl sites for hydroxylation is 2. The summed E-state index contributed by atoms with van der Waals surface area (Å²) < 4.78 is 38.9. The van der Waals surface area contributed by atoms with Gasteiger partial charge in [0.15, 0.2) is 12.4 Å². The van der Waals surface area contributed by atoms with Crippen molar-refractivity contribution < 1.29 is 31.9 Å². The number of sulfonamides is 1. The maximum atomic E-state index is 12.3. The van der Waals surface area contributed by atoms with Crippen LogP contribution in [0, 0.1) is 13.8 Å². The fraction of sp³-hybridized carbons (Fsp3) is 0.263. The molecule has 0 amide bonds. The average molecular weight is 448 g/mol. The predicted octanol–water partition coefficient (Wildman–Crippen LogP) is 1.60. The van der Waals surface area contributed by atoms with Gasteiger partial charge in [-0.25, -0.2) is 28.1 Å². The lowest BCUT2D eigenvalue weighted by Gasteiger charge is -2.08. The second-order valence-electron chi connectivity index (χ2n) is 6.56. The fourth-order valence-electron chi connectivity index (χ4n) is 2.94. The highest BCUT2D eigenvalue weighted by Crippen LogP contribution is 2.29. The zero-order valence-electron chi connectivity index (χ0n) is 17.0. The molecule has 31 heavy (non-hydrogen) atoms. The van der Waals surface area contributed by atoms with Gasteiger partial charge in [0, 0.05) is 0 Å². The highest BCUT2D eigenvalue weighted by atomic mass is 32.2. The number of ether oxygens (including phenoxy) is 2. The third kappa shape index (κ3) is 4.49. The first-order valence-corrected chi connectivity index (χ1v) is 10.6. The van der Waals surface area contributed by atoms with Gasteiger partial charge in [0.2, 0.25) is 15.7 Å². The molecule has 3 aromatic rings. The molecule has 0 fully saturated rings. The number of esters is 2. The van der Waals surface area contributed by atoms with Crippen LogP contribution in [0.3, 0.4) is 0 Å². The van der Waals surface area contributed by atoms with Gasteiger partial charge in [0.25, 0.3) is 0 Å². The van der Waals surface area contributed by atoms with Crippen LogP contribution in [0.2, 0.25) is 0 Å². The Morgan fingerprint density at radius 1 is 1.13 bits per heavy atom. The lowest BCUT2D eigenvalue weighted by atomic mass is 10.1. The SMILES string of the molecule is CCOC(=O)c1c(C)oc2nc(COC(=O)c3ccc(C)c(S(N)(=O)=O)c3)nc(N)c12. The number of anilines is 1. The number of hydrogen-bond donors (Lipinski definition) is 2. The lowest BCUT2D eigenvalue weighted by molar-refractivity contribution is 0.0461. The Hall–Kier alpha value is -3.51. The Kier molecular flexibility index (Phi) is 5.95. The van der Waals surface area contributed by atoms with Gasteiger partial charge >= 0.3 is 11.9 Å². The molecule has 0 saturated heterocycles. The zero-order valence-corrected chi connectivity index (χ0v) is 17.8. The summed E-state index contributed by atoms with van der Waals surface area (Å²) in [5, 5.41) is 5.37. The first-order chi connectivity index (χ1) is 14.5. The van der Waals surface area contributed by atoms with Crippen LogP contribution in [-0.4, -0.2) is 36.9 Å². The summed E-state index contributed by atoms with van der Waals surface area (Å²) in [7, 11) is -4.00. The van der Waals surface area contributed by atoms with E-state index in [1.807, 2.05) is 0 Å². The number of furan rings is 1. The summed E-state index contributed by atoms with van der Waals surface area (Å²) >= 11 is 0. The average Bonchev–Trinajstić information content (AvgIpc) is 3.02. The molecule has 0 aliphatic rings. The van der Waals surface area contributed by atoms with Crippen LogP contribution in [-0.2, 0) is 26.1 Å². The normalized spacial score (nSPS) is 11.5. The van der Waals surface area contributed by atoms with Crippen molar-refractivity contribution in [2.45, 2.75) is 32.3 Å². The molecule has 11 nitrogen and oxygen atoms in total. The fourth-order valence-corrected chi connectivity index (χ4v) is 3.75.